The summed E-state index contributed by atoms with van der Waals surface area (Å²) in [6.45, 7) is 0. The normalized spacial score (nSPS) is 11.5. The predicted molar refractivity (Wildman–Crippen MR) is 81.2 cm³/mol. The van der Waals surface area contributed by atoms with Gasteiger partial charge in [0.2, 0.25) is 0 Å². The van der Waals surface area contributed by atoms with Crippen LogP contribution >= 0.6 is 0 Å². The van der Waals surface area contributed by atoms with E-state index in [9.17, 15) is 12.8 Å². The Morgan fingerprint density at radius 2 is 1.48 bits per heavy atom. The third-order valence-electron chi connectivity index (χ3n) is 3.13. The van der Waals surface area contributed by atoms with Crippen molar-refractivity contribution in [2.24, 2.45) is 0 Å². The van der Waals surface area contributed by atoms with Crippen molar-refractivity contribution in [2.75, 3.05) is 4.72 Å². The lowest BCUT2D eigenvalue weighted by atomic mass is 10.1. The molecule has 0 radical (unpaired) electrons. The Morgan fingerprint density at radius 3 is 2.24 bits per heavy atom. The molecule has 5 heteroatoms. The number of hydrogen-bond acceptors (Lipinski definition) is 2. The van der Waals surface area contributed by atoms with Gasteiger partial charge in [0.1, 0.15) is 10.7 Å². The van der Waals surface area contributed by atoms with Crippen molar-refractivity contribution in [1.29, 1.82) is 0 Å². The Hall–Kier alpha value is -2.40. The van der Waals surface area contributed by atoms with Crippen LogP contribution in [0.25, 0.3) is 10.8 Å². The molecule has 0 aliphatic carbocycles. The predicted octanol–water partition coefficient (Wildman–Crippen LogP) is 3.78. The Balaban J connectivity index is 1.99. The molecule has 0 aliphatic rings. The number of sulfonamides is 1. The van der Waals surface area contributed by atoms with Gasteiger partial charge in [-0.05, 0) is 35.0 Å². The third kappa shape index (κ3) is 2.73. The lowest BCUT2D eigenvalue weighted by Gasteiger charge is -2.09. The second kappa shape index (κ2) is 5.18. The highest BCUT2D eigenvalue weighted by molar-refractivity contribution is 7.92. The van der Waals surface area contributed by atoms with E-state index in [1.54, 1.807) is 12.1 Å². The molecule has 0 aromatic heterocycles. The van der Waals surface area contributed by atoms with Gasteiger partial charge in [0.05, 0.1) is 0 Å². The maximum Gasteiger partial charge on any atom is 0.264 e. The minimum Gasteiger partial charge on any atom is -0.280 e. The van der Waals surface area contributed by atoms with Crippen LogP contribution in [0, 0.1) is 5.82 Å². The smallest absolute Gasteiger partial charge is 0.264 e. The van der Waals surface area contributed by atoms with Crippen molar-refractivity contribution in [3.63, 3.8) is 0 Å². The van der Waals surface area contributed by atoms with E-state index in [1.165, 1.54) is 18.2 Å². The summed E-state index contributed by atoms with van der Waals surface area (Å²) in [6.07, 6.45) is 0. The molecule has 0 saturated carbocycles. The molecule has 3 rings (SSSR count). The van der Waals surface area contributed by atoms with Gasteiger partial charge in [0.25, 0.3) is 10.0 Å². The molecule has 0 bridgehead atoms. The van der Waals surface area contributed by atoms with E-state index in [0.717, 1.165) is 16.8 Å². The number of benzene rings is 3. The molecular weight excluding hydrogens is 289 g/mol. The summed E-state index contributed by atoms with van der Waals surface area (Å²) in [5, 5.41) is 1.91. The van der Waals surface area contributed by atoms with Gasteiger partial charge >= 0.3 is 0 Å². The SMILES string of the molecule is O=S(=O)(Nc1ccc2ccccc2c1)c1ccccc1F. The van der Waals surface area contributed by atoms with E-state index < -0.39 is 15.8 Å². The lowest BCUT2D eigenvalue weighted by Crippen LogP contribution is -2.14. The summed E-state index contributed by atoms with van der Waals surface area (Å²) >= 11 is 0. The first-order valence-electron chi connectivity index (χ1n) is 6.32. The molecule has 1 N–H and O–H groups in total. The molecule has 0 saturated heterocycles. The molecular formula is C16H12FNO2S. The van der Waals surface area contributed by atoms with Crippen molar-refractivity contribution >= 4 is 26.5 Å². The van der Waals surface area contributed by atoms with Crippen LogP contribution in [0.15, 0.2) is 71.6 Å². The monoisotopic (exact) mass is 301 g/mol. The first kappa shape index (κ1) is 13.6. The topological polar surface area (TPSA) is 46.2 Å². The van der Waals surface area contributed by atoms with Crippen molar-refractivity contribution in [3.05, 3.63) is 72.5 Å². The molecule has 0 atom stereocenters. The average molecular weight is 301 g/mol. The largest absolute Gasteiger partial charge is 0.280 e. The molecule has 0 unspecified atom stereocenters. The number of nitrogens with one attached hydrogen (secondary N) is 1. The zero-order valence-electron chi connectivity index (χ0n) is 11.0. The van der Waals surface area contributed by atoms with Crippen molar-refractivity contribution in [3.8, 4) is 0 Å². The summed E-state index contributed by atoms with van der Waals surface area (Å²) in [5.41, 5.74) is 0.400. The molecule has 3 nitrogen and oxygen atoms in total. The number of hydrogen-bond donors (Lipinski definition) is 1. The highest BCUT2D eigenvalue weighted by Crippen LogP contribution is 2.22. The quantitative estimate of drug-likeness (QED) is 0.800. The van der Waals surface area contributed by atoms with Gasteiger partial charge in [-0.1, -0.05) is 42.5 Å². The van der Waals surface area contributed by atoms with Crippen LogP contribution in [0.5, 0.6) is 0 Å². The number of halogens is 1. The molecule has 106 valence electrons. The standard InChI is InChI=1S/C16H12FNO2S/c17-15-7-3-4-8-16(15)21(19,20)18-14-10-9-12-5-1-2-6-13(12)11-14/h1-11,18H. The molecule has 21 heavy (non-hydrogen) atoms. The first-order valence-corrected chi connectivity index (χ1v) is 7.81. The Kier molecular flexibility index (Phi) is 3.35. The molecule has 0 heterocycles. The maximum atomic E-state index is 13.6. The lowest BCUT2D eigenvalue weighted by molar-refractivity contribution is 0.570. The molecule has 3 aromatic rings. The van der Waals surface area contributed by atoms with E-state index in [-0.39, 0.29) is 4.90 Å². The highest BCUT2D eigenvalue weighted by atomic mass is 32.2. The molecule has 0 aliphatic heterocycles. The van der Waals surface area contributed by atoms with E-state index in [4.69, 9.17) is 0 Å². The fourth-order valence-electron chi connectivity index (χ4n) is 2.13. The Bertz CT molecular complexity index is 907. The van der Waals surface area contributed by atoms with Crippen LogP contribution in [-0.4, -0.2) is 8.42 Å². The summed E-state index contributed by atoms with van der Waals surface area (Å²) in [7, 11) is -3.94. The van der Waals surface area contributed by atoms with Gasteiger partial charge in [-0.2, -0.15) is 0 Å². The zero-order chi connectivity index (χ0) is 14.9. The van der Waals surface area contributed by atoms with Crippen LogP contribution in [0.4, 0.5) is 10.1 Å². The second-order valence-electron chi connectivity index (χ2n) is 4.60. The molecule has 0 spiro atoms. The van der Waals surface area contributed by atoms with Gasteiger partial charge in [-0.25, -0.2) is 12.8 Å². The molecule has 0 amide bonds. The van der Waals surface area contributed by atoms with Crippen LogP contribution in [-0.2, 0) is 10.0 Å². The van der Waals surface area contributed by atoms with Crippen LogP contribution in [0.3, 0.4) is 0 Å². The number of rotatable bonds is 3. The maximum absolute atomic E-state index is 13.6. The van der Waals surface area contributed by atoms with E-state index in [0.29, 0.717) is 5.69 Å². The fourth-order valence-corrected chi connectivity index (χ4v) is 3.26. The van der Waals surface area contributed by atoms with Crippen LogP contribution < -0.4 is 4.72 Å². The van der Waals surface area contributed by atoms with Gasteiger partial charge in [0, 0.05) is 5.69 Å². The van der Waals surface area contributed by atoms with Gasteiger partial charge in [0.15, 0.2) is 0 Å². The number of anilines is 1. The molecule has 3 aromatic carbocycles. The summed E-state index contributed by atoms with van der Waals surface area (Å²) in [4.78, 5) is -0.363. The minimum absolute atomic E-state index is 0.363. The van der Waals surface area contributed by atoms with Gasteiger partial charge in [-0.3, -0.25) is 4.72 Å². The average Bonchev–Trinajstić information content (AvgIpc) is 2.47. The first-order chi connectivity index (χ1) is 10.1. The number of fused-ring (bicyclic) bond motifs is 1. The van der Waals surface area contributed by atoms with E-state index in [1.807, 2.05) is 30.3 Å². The van der Waals surface area contributed by atoms with E-state index >= 15 is 0 Å². The van der Waals surface area contributed by atoms with Gasteiger partial charge < -0.3 is 0 Å². The third-order valence-corrected chi connectivity index (χ3v) is 4.54. The molecule has 0 fully saturated rings. The van der Waals surface area contributed by atoms with Crippen LogP contribution in [0.1, 0.15) is 0 Å². The van der Waals surface area contributed by atoms with Crippen molar-refractivity contribution in [2.45, 2.75) is 4.90 Å². The van der Waals surface area contributed by atoms with Crippen molar-refractivity contribution in [1.82, 2.24) is 0 Å². The van der Waals surface area contributed by atoms with E-state index in [2.05, 4.69) is 4.72 Å². The summed E-state index contributed by atoms with van der Waals surface area (Å²) < 4.78 is 40.4. The Morgan fingerprint density at radius 1 is 0.810 bits per heavy atom. The van der Waals surface area contributed by atoms with Crippen molar-refractivity contribution < 1.29 is 12.8 Å². The fraction of sp³-hybridized carbons (Fsp3) is 0. The summed E-state index contributed by atoms with van der Waals surface area (Å²) in [5.74, 6) is -0.772. The summed E-state index contributed by atoms with van der Waals surface area (Å²) in [6, 6.07) is 18.1. The Labute approximate surface area is 122 Å². The minimum atomic E-state index is -3.94. The van der Waals surface area contributed by atoms with Crippen LogP contribution in [0.2, 0.25) is 0 Å². The second-order valence-corrected chi connectivity index (χ2v) is 6.25. The highest BCUT2D eigenvalue weighted by Gasteiger charge is 2.18. The zero-order valence-corrected chi connectivity index (χ0v) is 11.8. The van der Waals surface area contributed by atoms with Gasteiger partial charge in [-0.15, -0.1) is 0 Å².